The van der Waals surface area contributed by atoms with Crippen LogP contribution in [0.4, 0.5) is 0 Å². The second kappa shape index (κ2) is 7.92. The maximum atomic E-state index is 13.2. The number of carbonyl (C=O) groups is 2. The van der Waals surface area contributed by atoms with Gasteiger partial charge < -0.3 is 19.0 Å². The zero-order valence-electron chi connectivity index (χ0n) is 16.9. The van der Waals surface area contributed by atoms with Gasteiger partial charge in [-0.2, -0.15) is 0 Å². The van der Waals surface area contributed by atoms with Crippen LogP contribution in [0.5, 0.6) is 5.75 Å². The number of rotatable bonds is 4. The quantitative estimate of drug-likeness (QED) is 0.491. The summed E-state index contributed by atoms with van der Waals surface area (Å²) in [5.41, 5.74) is 2.34. The van der Waals surface area contributed by atoms with Gasteiger partial charge in [0, 0.05) is 43.3 Å². The van der Waals surface area contributed by atoms with Crippen LogP contribution in [0.25, 0.3) is 16.2 Å². The smallest absolute Gasteiger partial charge is 0.289 e. The molecule has 0 atom stereocenters. The number of methoxy groups -OCH3 is 1. The molecule has 1 saturated heterocycles. The summed E-state index contributed by atoms with van der Waals surface area (Å²) in [5, 5.41) is 1.84. The number of hydrogen-bond acceptors (Lipinski definition) is 6. The number of fused-ring (bicyclic) bond motifs is 1. The minimum atomic E-state index is -0.145. The van der Waals surface area contributed by atoms with Crippen molar-refractivity contribution >= 4 is 28.1 Å². The molecule has 31 heavy (non-hydrogen) atoms. The minimum absolute atomic E-state index is 0.0602. The lowest BCUT2D eigenvalue weighted by Gasteiger charge is -2.34. The number of ether oxygens (including phenoxy) is 1. The molecule has 5 rings (SSSR count). The summed E-state index contributed by atoms with van der Waals surface area (Å²) < 4.78 is 12.2. The van der Waals surface area contributed by atoms with Crippen LogP contribution in [-0.4, -0.2) is 64.3 Å². The zero-order chi connectivity index (χ0) is 21.4. The molecule has 0 unspecified atom stereocenters. The van der Waals surface area contributed by atoms with Gasteiger partial charge in [-0.05, 0) is 36.4 Å². The summed E-state index contributed by atoms with van der Waals surface area (Å²) in [6.45, 7) is 1.89. The summed E-state index contributed by atoms with van der Waals surface area (Å²) in [5.74, 6) is 0.901. The fraction of sp³-hybridized carbons (Fsp3) is 0.227. The van der Waals surface area contributed by atoms with Crippen LogP contribution >= 0.6 is 11.3 Å². The molecule has 0 radical (unpaired) electrons. The number of aromatic nitrogens is 2. The molecule has 158 valence electrons. The Labute approximate surface area is 182 Å². The van der Waals surface area contributed by atoms with Crippen molar-refractivity contribution in [2.45, 2.75) is 0 Å². The highest BCUT2D eigenvalue weighted by molar-refractivity contribution is 7.15. The minimum Gasteiger partial charge on any atom is -0.497 e. The number of nitrogens with zero attached hydrogens (tertiary/aromatic N) is 4. The fourth-order valence-electron chi connectivity index (χ4n) is 3.67. The number of furan rings is 1. The third kappa shape index (κ3) is 3.57. The molecule has 8 nitrogen and oxygen atoms in total. The average molecular weight is 436 g/mol. The van der Waals surface area contributed by atoms with Gasteiger partial charge in [-0.25, -0.2) is 4.98 Å². The molecule has 1 aromatic carbocycles. The van der Waals surface area contributed by atoms with Gasteiger partial charge in [-0.1, -0.05) is 0 Å². The van der Waals surface area contributed by atoms with Crippen LogP contribution in [-0.2, 0) is 0 Å². The van der Waals surface area contributed by atoms with E-state index in [-0.39, 0.29) is 11.8 Å². The standard InChI is InChI=1S/C22H20N4O4S/c1-29-16-6-4-15(5-7-16)17-13-26-18(14-31-22(26)23-17)20(27)24-8-10-25(11-9-24)21(28)19-3-2-12-30-19/h2-7,12-14H,8-11H2,1H3. The van der Waals surface area contributed by atoms with E-state index in [2.05, 4.69) is 4.98 Å². The second-order valence-electron chi connectivity index (χ2n) is 7.19. The summed E-state index contributed by atoms with van der Waals surface area (Å²) in [6.07, 6.45) is 3.37. The molecular weight excluding hydrogens is 416 g/mol. The van der Waals surface area contributed by atoms with Crippen molar-refractivity contribution in [2.75, 3.05) is 33.3 Å². The lowest BCUT2D eigenvalue weighted by molar-refractivity contribution is 0.0515. The molecule has 0 N–H and O–H groups in total. The maximum Gasteiger partial charge on any atom is 0.289 e. The van der Waals surface area contributed by atoms with E-state index in [1.54, 1.807) is 29.0 Å². The third-order valence-corrected chi connectivity index (χ3v) is 6.24. The first kappa shape index (κ1) is 19.4. The molecule has 1 fully saturated rings. The SMILES string of the molecule is COc1ccc(-c2cn3c(C(=O)N4CCN(C(=O)c5ccco5)CC4)csc3n2)cc1. The highest BCUT2D eigenvalue weighted by atomic mass is 32.1. The maximum absolute atomic E-state index is 13.2. The Kier molecular flexibility index (Phi) is 4.95. The van der Waals surface area contributed by atoms with E-state index in [4.69, 9.17) is 9.15 Å². The molecule has 2 amide bonds. The molecule has 1 aliphatic heterocycles. The van der Waals surface area contributed by atoms with E-state index in [9.17, 15) is 9.59 Å². The molecule has 4 heterocycles. The summed E-state index contributed by atoms with van der Waals surface area (Å²) >= 11 is 1.44. The van der Waals surface area contributed by atoms with Crippen LogP contribution in [0.2, 0.25) is 0 Å². The van der Waals surface area contributed by atoms with Gasteiger partial charge in [0.25, 0.3) is 11.8 Å². The van der Waals surface area contributed by atoms with Crippen molar-refractivity contribution in [3.63, 3.8) is 0 Å². The normalized spacial score (nSPS) is 14.2. The Morgan fingerprint density at radius 3 is 2.39 bits per heavy atom. The van der Waals surface area contributed by atoms with Crippen LogP contribution in [0.15, 0.2) is 58.7 Å². The zero-order valence-corrected chi connectivity index (χ0v) is 17.7. The first-order chi connectivity index (χ1) is 15.1. The fourth-order valence-corrected chi connectivity index (χ4v) is 4.52. The van der Waals surface area contributed by atoms with Crippen LogP contribution < -0.4 is 4.74 Å². The number of imidazole rings is 1. The monoisotopic (exact) mass is 436 g/mol. The van der Waals surface area contributed by atoms with Crippen LogP contribution in [0, 0.1) is 0 Å². The van der Waals surface area contributed by atoms with Gasteiger partial charge in [0.15, 0.2) is 10.7 Å². The number of thiazole rings is 1. The third-order valence-electron chi connectivity index (χ3n) is 5.40. The first-order valence-electron chi connectivity index (χ1n) is 9.87. The number of carbonyl (C=O) groups excluding carboxylic acids is 2. The Bertz CT molecular complexity index is 1220. The Morgan fingerprint density at radius 2 is 1.74 bits per heavy atom. The van der Waals surface area contributed by atoms with Gasteiger partial charge in [0.2, 0.25) is 0 Å². The summed E-state index contributed by atoms with van der Waals surface area (Å²) in [7, 11) is 1.63. The highest BCUT2D eigenvalue weighted by Gasteiger charge is 2.28. The van der Waals surface area contributed by atoms with Crippen LogP contribution in [0.3, 0.4) is 0 Å². The topological polar surface area (TPSA) is 80.3 Å². The van der Waals surface area contributed by atoms with Crippen molar-refractivity contribution in [2.24, 2.45) is 0 Å². The predicted molar refractivity (Wildman–Crippen MR) is 116 cm³/mol. The van der Waals surface area contributed by atoms with Gasteiger partial charge in [-0.15, -0.1) is 11.3 Å². The lowest BCUT2D eigenvalue weighted by Crippen LogP contribution is -2.50. The van der Waals surface area contributed by atoms with Crippen molar-refractivity contribution in [1.29, 1.82) is 0 Å². The summed E-state index contributed by atoms with van der Waals surface area (Å²) in [6, 6.07) is 11.0. The molecule has 0 bridgehead atoms. The van der Waals surface area contributed by atoms with Crippen molar-refractivity contribution in [3.8, 4) is 17.0 Å². The number of benzene rings is 1. The van der Waals surface area contributed by atoms with E-state index >= 15 is 0 Å². The predicted octanol–water partition coefficient (Wildman–Crippen LogP) is 3.26. The van der Waals surface area contributed by atoms with Gasteiger partial charge in [0.05, 0.1) is 19.1 Å². The molecule has 4 aromatic rings. The van der Waals surface area contributed by atoms with Gasteiger partial charge >= 0.3 is 0 Å². The Morgan fingerprint density at radius 1 is 1.03 bits per heavy atom. The molecule has 0 spiro atoms. The van der Waals surface area contributed by atoms with Crippen LogP contribution in [0.1, 0.15) is 21.0 Å². The van der Waals surface area contributed by atoms with Crippen molar-refractivity contribution in [1.82, 2.24) is 19.2 Å². The Balaban J connectivity index is 1.31. The largest absolute Gasteiger partial charge is 0.497 e. The average Bonchev–Trinajstić information content (AvgIpc) is 3.56. The molecule has 0 saturated carbocycles. The van der Waals surface area contributed by atoms with E-state index in [1.807, 2.05) is 40.2 Å². The second-order valence-corrected chi connectivity index (χ2v) is 8.03. The molecule has 1 aliphatic rings. The van der Waals surface area contributed by atoms with Gasteiger partial charge in [0.1, 0.15) is 11.4 Å². The highest BCUT2D eigenvalue weighted by Crippen LogP contribution is 2.26. The van der Waals surface area contributed by atoms with Crippen molar-refractivity contribution < 1.29 is 18.7 Å². The lowest BCUT2D eigenvalue weighted by atomic mass is 10.2. The van der Waals surface area contributed by atoms with E-state index in [0.29, 0.717) is 37.6 Å². The van der Waals surface area contributed by atoms with E-state index < -0.39 is 0 Å². The van der Waals surface area contributed by atoms with Crippen molar-refractivity contribution in [3.05, 3.63) is 65.7 Å². The molecular formula is C22H20N4O4S. The van der Waals surface area contributed by atoms with E-state index in [0.717, 1.165) is 22.0 Å². The Hall–Kier alpha value is -3.59. The number of amides is 2. The van der Waals surface area contributed by atoms with E-state index in [1.165, 1.54) is 17.6 Å². The van der Waals surface area contributed by atoms with Gasteiger partial charge in [-0.3, -0.25) is 14.0 Å². The first-order valence-corrected chi connectivity index (χ1v) is 10.7. The molecule has 9 heteroatoms. The number of piperazine rings is 1. The summed E-state index contributed by atoms with van der Waals surface area (Å²) in [4.78, 5) is 34.5. The molecule has 0 aliphatic carbocycles. The molecule has 3 aromatic heterocycles. The number of hydrogen-bond donors (Lipinski definition) is 0.